The number of hydrogen-bond donors (Lipinski definition) is 1. The Balaban J connectivity index is 1.45. The maximum absolute atomic E-state index is 12.1. The lowest BCUT2D eigenvalue weighted by Crippen LogP contribution is -2.14. The zero-order valence-electron chi connectivity index (χ0n) is 15.8. The number of nitrogens with one attached hydrogen (secondary N) is 1. The first-order valence-corrected chi connectivity index (χ1v) is 10.3. The van der Waals surface area contributed by atoms with Crippen LogP contribution in [0.15, 0.2) is 78.9 Å². The highest BCUT2D eigenvalue weighted by Gasteiger charge is 2.04. The Morgan fingerprint density at radius 2 is 1.46 bits per heavy atom. The maximum Gasteiger partial charge on any atom is 0.234 e. The van der Waals surface area contributed by atoms with E-state index in [2.05, 4.69) is 17.4 Å². The lowest BCUT2D eigenvalue weighted by atomic mass is 10.2. The number of carbonyl (C=O) groups is 1. The molecule has 0 saturated heterocycles. The van der Waals surface area contributed by atoms with Crippen LogP contribution in [0.2, 0.25) is 0 Å². The van der Waals surface area contributed by atoms with Crippen molar-refractivity contribution in [3.05, 3.63) is 84.4 Å². The molecule has 1 N–H and O–H groups in total. The normalized spacial score (nSPS) is 10.3. The third-order valence-corrected chi connectivity index (χ3v) is 4.86. The van der Waals surface area contributed by atoms with Gasteiger partial charge in [0.1, 0.15) is 17.2 Å². The van der Waals surface area contributed by atoms with Crippen molar-refractivity contribution in [2.45, 2.75) is 12.7 Å². The van der Waals surface area contributed by atoms with Gasteiger partial charge in [-0.1, -0.05) is 30.3 Å². The van der Waals surface area contributed by atoms with Crippen LogP contribution in [0.3, 0.4) is 0 Å². The summed E-state index contributed by atoms with van der Waals surface area (Å²) in [4.78, 5) is 12.1. The van der Waals surface area contributed by atoms with E-state index in [1.165, 1.54) is 5.56 Å². The van der Waals surface area contributed by atoms with Crippen molar-refractivity contribution in [2.75, 3.05) is 17.7 Å². The van der Waals surface area contributed by atoms with Crippen molar-refractivity contribution in [1.29, 1.82) is 0 Å². The SMILES string of the molecule is CCOc1ccc(Oc2ccc(NC(=O)CSCc3ccccc3)cc2)cc1. The second kappa shape index (κ2) is 10.4. The van der Waals surface area contributed by atoms with E-state index in [0.717, 1.165) is 22.9 Å². The average Bonchev–Trinajstić information content (AvgIpc) is 2.72. The lowest BCUT2D eigenvalue weighted by Gasteiger charge is -2.09. The molecule has 4 nitrogen and oxygen atoms in total. The average molecular weight is 394 g/mol. The fourth-order valence-corrected chi connectivity index (χ4v) is 3.33. The number of ether oxygens (including phenoxy) is 2. The number of rotatable bonds is 9. The Morgan fingerprint density at radius 1 is 0.857 bits per heavy atom. The van der Waals surface area contributed by atoms with E-state index < -0.39 is 0 Å². The summed E-state index contributed by atoms with van der Waals surface area (Å²) < 4.78 is 11.2. The Kier molecular flexibility index (Phi) is 7.38. The smallest absolute Gasteiger partial charge is 0.234 e. The van der Waals surface area contributed by atoms with Crippen LogP contribution in [0.25, 0.3) is 0 Å². The van der Waals surface area contributed by atoms with Gasteiger partial charge in [0.2, 0.25) is 5.91 Å². The molecule has 3 aromatic rings. The molecule has 0 bridgehead atoms. The van der Waals surface area contributed by atoms with E-state index >= 15 is 0 Å². The van der Waals surface area contributed by atoms with Crippen LogP contribution in [0, 0.1) is 0 Å². The summed E-state index contributed by atoms with van der Waals surface area (Å²) in [6.45, 7) is 2.59. The molecule has 0 atom stereocenters. The molecular weight excluding hydrogens is 370 g/mol. The number of benzene rings is 3. The first-order chi connectivity index (χ1) is 13.7. The van der Waals surface area contributed by atoms with E-state index in [0.29, 0.717) is 18.1 Å². The van der Waals surface area contributed by atoms with E-state index in [1.54, 1.807) is 11.8 Å². The molecule has 0 aromatic heterocycles. The van der Waals surface area contributed by atoms with Crippen LogP contribution < -0.4 is 14.8 Å². The Hall–Kier alpha value is -2.92. The third kappa shape index (κ3) is 6.35. The fourth-order valence-electron chi connectivity index (χ4n) is 2.55. The summed E-state index contributed by atoms with van der Waals surface area (Å²) in [7, 11) is 0. The van der Waals surface area contributed by atoms with Crippen molar-refractivity contribution in [3.63, 3.8) is 0 Å². The Labute approximate surface area is 169 Å². The van der Waals surface area contributed by atoms with Gasteiger partial charge in [-0.2, -0.15) is 0 Å². The minimum atomic E-state index is -0.0129. The van der Waals surface area contributed by atoms with Crippen molar-refractivity contribution in [1.82, 2.24) is 0 Å². The highest BCUT2D eigenvalue weighted by Crippen LogP contribution is 2.25. The zero-order valence-corrected chi connectivity index (χ0v) is 16.6. The van der Waals surface area contributed by atoms with Crippen LogP contribution in [0.1, 0.15) is 12.5 Å². The predicted octanol–water partition coefficient (Wildman–Crippen LogP) is 5.75. The van der Waals surface area contributed by atoms with Crippen LogP contribution in [0.4, 0.5) is 5.69 Å². The van der Waals surface area contributed by atoms with Gasteiger partial charge < -0.3 is 14.8 Å². The van der Waals surface area contributed by atoms with Gasteiger partial charge in [0.15, 0.2) is 0 Å². The van der Waals surface area contributed by atoms with E-state index in [-0.39, 0.29) is 5.91 Å². The molecule has 5 heteroatoms. The minimum Gasteiger partial charge on any atom is -0.494 e. The molecule has 3 aromatic carbocycles. The van der Waals surface area contributed by atoms with Crippen LogP contribution in [-0.4, -0.2) is 18.3 Å². The Morgan fingerprint density at radius 3 is 2.11 bits per heavy atom. The minimum absolute atomic E-state index is 0.0129. The first kappa shape index (κ1) is 19.8. The zero-order chi connectivity index (χ0) is 19.6. The summed E-state index contributed by atoms with van der Waals surface area (Å²) in [6.07, 6.45) is 0. The molecule has 0 aliphatic heterocycles. The largest absolute Gasteiger partial charge is 0.494 e. The van der Waals surface area contributed by atoms with Gasteiger partial charge >= 0.3 is 0 Å². The van der Waals surface area contributed by atoms with Crippen LogP contribution >= 0.6 is 11.8 Å². The van der Waals surface area contributed by atoms with Crippen molar-refractivity contribution >= 4 is 23.4 Å². The van der Waals surface area contributed by atoms with Crippen molar-refractivity contribution < 1.29 is 14.3 Å². The number of hydrogen-bond acceptors (Lipinski definition) is 4. The molecule has 28 heavy (non-hydrogen) atoms. The molecular formula is C23H23NO3S. The summed E-state index contributed by atoms with van der Waals surface area (Å²) in [5.74, 6) is 3.49. The molecule has 0 spiro atoms. The molecule has 0 radical (unpaired) electrons. The molecule has 0 aliphatic rings. The topological polar surface area (TPSA) is 47.6 Å². The molecule has 1 amide bonds. The highest BCUT2D eigenvalue weighted by molar-refractivity contribution is 7.99. The number of carbonyl (C=O) groups excluding carboxylic acids is 1. The summed E-state index contributed by atoms with van der Waals surface area (Å²) in [6, 6.07) is 25.0. The second-order valence-electron chi connectivity index (χ2n) is 6.06. The van der Waals surface area contributed by atoms with Gasteiger partial charge in [-0.25, -0.2) is 0 Å². The number of amides is 1. The molecule has 0 saturated carbocycles. The second-order valence-corrected chi connectivity index (χ2v) is 7.04. The number of thioether (sulfide) groups is 1. The molecule has 0 fully saturated rings. The summed E-state index contributed by atoms with van der Waals surface area (Å²) in [5, 5.41) is 2.91. The predicted molar refractivity (Wildman–Crippen MR) is 115 cm³/mol. The molecule has 144 valence electrons. The van der Waals surface area contributed by atoms with Gasteiger partial charge in [-0.05, 0) is 61.0 Å². The van der Waals surface area contributed by atoms with Gasteiger partial charge in [0.25, 0.3) is 0 Å². The lowest BCUT2D eigenvalue weighted by molar-refractivity contribution is -0.113. The van der Waals surface area contributed by atoms with Crippen LogP contribution in [-0.2, 0) is 10.5 Å². The molecule has 0 heterocycles. The summed E-state index contributed by atoms with van der Waals surface area (Å²) in [5.41, 5.74) is 1.97. The van der Waals surface area contributed by atoms with E-state index in [1.807, 2.05) is 73.7 Å². The van der Waals surface area contributed by atoms with Gasteiger partial charge in [0, 0.05) is 11.4 Å². The first-order valence-electron chi connectivity index (χ1n) is 9.15. The monoisotopic (exact) mass is 393 g/mol. The van der Waals surface area contributed by atoms with Crippen molar-refractivity contribution in [3.8, 4) is 17.2 Å². The highest BCUT2D eigenvalue weighted by atomic mass is 32.2. The van der Waals surface area contributed by atoms with Gasteiger partial charge in [-0.15, -0.1) is 11.8 Å². The fraction of sp³-hybridized carbons (Fsp3) is 0.174. The summed E-state index contributed by atoms with van der Waals surface area (Å²) >= 11 is 1.60. The molecule has 3 rings (SSSR count). The third-order valence-electron chi connectivity index (χ3n) is 3.85. The maximum atomic E-state index is 12.1. The Bertz CT molecular complexity index is 865. The van der Waals surface area contributed by atoms with E-state index in [4.69, 9.17) is 9.47 Å². The quantitative estimate of drug-likeness (QED) is 0.503. The van der Waals surface area contributed by atoms with Gasteiger partial charge in [-0.3, -0.25) is 4.79 Å². The van der Waals surface area contributed by atoms with Crippen LogP contribution in [0.5, 0.6) is 17.2 Å². The molecule has 0 unspecified atom stereocenters. The number of anilines is 1. The van der Waals surface area contributed by atoms with E-state index in [9.17, 15) is 4.79 Å². The van der Waals surface area contributed by atoms with Crippen molar-refractivity contribution in [2.24, 2.45) is 0 Å². The standard InChI is InChI=1S/C23H23NO3S/c1-2-26-20-12-14-22(15-13-20)27-21-10-8-19(9-11-21)24-23(25)17-28-16-18-6-4-3-5-7-18/h3-15H,2,16-17H2,1H3,(H,24,25). The van der Waals surface area contributed by atoms with Gasteiger partial charge in [0.05, 0.1) is 12.4 Å². The molecule has 0 aliphatic carbocycles.